The number of aromatic amines is 1. The summed E-state index contributed by atoms with van der Waals surface area (Å²) in [4.78, 5) is 37.0. The van der Waals surface area contributed by atoms with Crippen molar-refractivity contribution in [2.75, 3.05) is 0 Å². The van der Waals surface area contributed by atoms with Gasteiger partial charge in [-0.3, -0.25) is 18.5 Å². The van der Waals surface area contributed by atoms with Crippen LogP contribution in [-0.4, -0.2) is 59.0 Å². The van der Waals surface area contributed by atoms with Gasteiger partial charge in [-0.2, -0.15) is 0 Å². The van der Waals surface area contributed by atoms with E-state index in [9.17, 15) is 34.4 Å². The van der Waals surface area contributed by atoms with E-state index in [2.05, 4.69) is 4.98 Å². The fourth-order valence-corrected chi connectivity index (χ4v) is 5.63. The Hall–Kier alpha value is -1.33. The average molecular weight is 478 g/mol. The maximum Gasteiger partial charge on any atom is 0.359 e. The van der Waals surface area contributed by atoms with Crippen molar-refractivity contribution < 1.29 is 34.0 Å². The van der Waals surface area contributed by atoms with Crippen LogP contribution in [-0.2, 0) is 20.9 Å². The van der Waals surface area contributed by atoms with Gasteiger partial charge in [0, 0.05) is 19.2 Å². The number of aliphatic hydroxyl groups is 3. The molecule has 184 valence electrons. The van der Waals surface area contributed by atoms with E-state index in [0.717, 1.165) is 10.8 Å². The van der Waals surface area contributed by atoms with Crippen molar-refractivity contribution in [1.82, 2.24) is 9.55 Å². The van der Waals surface area contributed by atoms with Gasteiger partial charge in [0.15, 0.2) is 5.34 Å². The molecule has 1 aromatic rings. The molecule has 1 aliphatic heterocycles. The van der Waals surface area contributed by atoms with E-state index >= 15 is 0 Å². The molecule has 0 saturated carbocycles. The molecule has 12 heteroatoms. The second-order valence-corrected chi connectivity index (χ2v) is 10.8. The maximum absolute atomic E-state index is 12.9. The summed E-state index contributed by atoms with van der Waals surface area (Å²) < 4.78 is 25.4. The molecule has 2 rings (SSSR count). The molecule has 32 heavy (non-hydrogen) atoms. The lowest BCUT2D eigenvalue weighted by atomic mass is 9.79. The molecule has 0 spiro atoms. The van der Waals surface area contributed by atoms with Crippen molar-refractivity contribution in [2.45, 2.75) is 89.2 Å². The van der Waals surface area contributed by atoms with E-state index in [-0.39, 0.29) is 24.8 Å². The first kappa shape index (κ1) is 26.9. The van der Waals surface area contributed by atoms with Crippen LogP contribution in [0.3, 0.4) is 0 Å². The lowest BCUT2D eigenvalue weighted by Crippen LogP contribution is -2.48. The Kier molecular flexibility index (Phi) is 7.99. The Morgan fingerprint density at radius 3 is 2.28 bits per heavy atom. The molecule has 0 aliphatic carbocycles. The highest BCUT2D eigenvalue weighted by molar-refractivity contribution is 7.54. The number of aromatic nitrogens is 2. The van der Waals surface area contributed by atoms with Gasteiger partial charge in [0.2, 0.25) is 0 Å². The Labute approximate surface area is 186 Å². The van der Waals surface area contributed by atoms with Gasteiger partial charge in [-0.15, -0.1) is 0 Å². The second-order valence-electron chi connectivity index (χ2n) is 8.66. The first-order chi connectivity index (χ1) is 14.7. The summed E-state index contributed by atoms with van der Waals surface area (Å²) in [6, 6.07) is 0. The minimum absolute atomic E-state index is 0.0164. The number of rotatable bonds is 9. The third-order valence-corrected chi connectivity index (χ3v) is 9.06. The van der Waals surface area contributed by atoms with Gasteiger partial charge < -0.3 is 29.9 Å². The molecule has 1 saturated heterocycles. The Bertz CT molecular complexity index is 969. The van der Waals surface area contributed by atoms with Crippen molar-refractivity contribution in [3.8, 4) is 0 Å². The average Bonchev–Trinajstić information content (AvgIpc) is 3.04. The van der Waals surface area contributed by atoms with Crippen molar-refractivity contribution >= 4 is 7.60 Å². The van der Waals surface area contributed by atoms with Gasteiger partial charge in [0.1, 0.15) is 18.3 Å². The van der Waals surface area contributed by atoms with Crippen molar-refractivity contribution in [3.05, 3.63) is 32.6 Å². The summed E-state index contributed by atoms with van der Waals surface area (Å²) in [5.74, 6) is -0.716. The number of ether oxygens (including phenoxy) is 1. The Balaban J connectivity index is 2.42. The lowest BCUT2D eigenvalue weighted by molar-refractivity contribution is -0.105. The standard InChI is InChI=1S/C20H35N2O9P/c1-7-19(5,27)32(28,29)31-20(8-2,9-3)11(4)15-13(23)14(24)16(30-15)12-10-21-18(26)22(6)17(12)25/h10-11,13-16,23-24,27H,7-9H2,1-6H3,(H,21,26)(H,28,29). The minimum Gasteiger partial charge on any atom is -0.388 e. The molecule has 11 nitrogen and oxygen atoms in total. The summed E-state index contributed by atoms with van der Waals surface area (Å²) in [5, 5.41) is 29.8. The quantitative estimate of drug-likeness (QED) is 0.321. The van der Waals surface area contributed by atoms with Crippen molar-refractivity contribution in [1.29, 1.82) is 0 Å². The molecule has 5 N–H and O–H groups in total. The summed E-state index contributed by atoms with van der Waals surface area (Å²) >= 11 is 0. The predicted octanol–water partition coefficient (Wildman–Crippen LogP) is 0.751. The van der Waals surface area contributed by atoms with Crippen molar-refractivity contribution in [3.63, 3.8) is 0 Å². The van der Waals surface area contributed by atoms with Crippen LogP contribution in [0.4, 0.5) is 0 Å². The van der Waals surface area contributed by atoms with Gasteiger partial charge in [0.05, 0.1) is 17.3 Å². The molecule has 2 heterocycles. The highest BCUT2D eigenvalue weighted by Crippen LogP contribution is 2.60. The summed E-state index contributed by atoms with van der Waals surface area (Å²) in [5.41, 5.74) is -2.62. The summed E-state index contributed by atoms with van der Waals surface area (Å²) in [7, 11) is -3.24. The van der Waals surface area contributed by atoms with E-state index in [4.69, 9.17) is 9.26 Å². The highest BCUT2D eigenvalue weighted by Gasteiger charge is 2.55. The summed E-state index contributed by atoms with van der Waals surface area (Å²) in [6.45, 7) is 7.93. The number of H-pyrrole nitrogens is 1. The smallest absolute Gasteiger partial charge is 0.359 e. The van der Waals surface area contributed by atoms with Crippen LogP contribution < -0.4 is 11.2 Å². The number of aliphatic hydroxyl groups excluding tert-OH is 2. The number of nitrogens with zero attached hydrogens (tertiary/aromatic N) is 1. The van der Waals surface area contributed by atoms with E-state index in [1.807, 2.05) is 0 Å². The monoisotopic (exact) mass is 478 g/mol. The van der Waals surface area contributed by atoms with Crippen LogP contribution in [0.15, 0.2) is 15.8 Å². The molecule has 1 aromatic heterocycles. The van der Waals surface area contributed by atoms with Gasteiger partial charge in [-0.1, -0.05) is 27.7 Å². The van der Waals surface area contributed by atoms with Crippen LogP contribution in [0.25, 0.3) is 0 Å². The normalized spacial score (nSPS) is 28.8. The molecule has 0 radical (unpaired) electrons. The Morgan fingerprint density at radius 1 is 1.22 bits per heavy atom. The third-order valence-electron chi connectivity index (χ3n) is 6.92. The number of nitrogens with one attached hydrogen (secondary N) is 1. The molecule has 1 aliphatic rings. The zero-order valence-corrected chi connectivity index (χ0v) is 20.2. The fourth-order valence-electron chi connectivity index (χ4n) is 4.11. The van der Waals surface area contributed by atoms with Gasteiger partial charge >= 0.3 is 13.3 Å². The molecule has 1 fully saturated rings. The molecule has 7 atom stereocenters. The zero-order valence-electron chi connectivity index (χ0n) is 19.3. The zero-order chi connectivity index (χ0) is 24.6. The van der Waals surface area contributed by atoms with E-state index in [1.165, 1.54) is 14.0 Å². The fraction of sp³-hybridized carbons (Fsp3) is 0.800. The number of hydrogen-bond acceptors (Lipinski definition) is 8. The third kappa shape index (κ3) is 4.52. The molecular weight excluding hydrogens is 443 g/mol. The van der Waals surface area contributed by atoms with Gasteiger partial charge in [-0.05, 0) is 26.2 Å². The first-order valence-corrected chi connectivity index (χ1v) is 12.3. The molecular formula is C20H35N2O9P. The second kappa shape index (κ2) is 9.50. The number of hydrogen-bond donors (Lipinski definition) is 5. The Morgan fingerprint density at radius 2 is 1.78 bits per heavy atom. The van der Waals surface area contributed by atoms with Gasteiger partial charge in [0.25, 0.3) is 5.56 Å². The topological polar surface area (TPSA) is 171 Å². The SMILES string of the molecule is CCC(CC)(OP(=O)(O)C(C)(O)CC)C(C)C1OC(c2c[nH]c(=O)n(C)c2=O)C(O)C1O. The molecule has 7 unspecified atom stereocenters. The van der Waals surface area contributed by atoms with E-state index in [1.54, 1.807) is 27.7 Å². The summed E-state index contributed by atoms with van der Waals surface area (Å²) in [6.07, 6.45) is -3.56. The maximum atomic E-state index is 12.9. The largest absolute Gasteiger partial charge is 0.388 e. The van der Waals surface area contributed by atoms with Crippen LogP contribution in [0, 0.1) is 5.92 Å². The van der Waals surface area contributed by atoms with Gasteiger partial charge in [-0.25, -0.2) is 4.79 Å². The van der Waals surface area contributed by atoms with E-state index < -0.39 is 60.1 Å². The molecule has 0 bridgehead atoms. The van der Waals surface area contributed by atoms with Crippen LogP contribution in [0.1, 0.15) is 65.5 Å². The predicted molar refractivity (Wildman–Crippen MR) is 116 cm³/mol. The molecule has 0 aromatic carbocycles. The minimum atomic E-state index is -4.51. The van der Waals surface area contributed by atoms with E-state index in [0.29, 0.717) is 0 Å². The lowest BCUT2D eigenvalue weighted by Gasteiger charge is -2.43. The van der Waals surface area contributed by atoms with Crippen LogP contribution >= 0.6 is 7.60 Å². The van der Waals surface area contributed by atoms with Crippen molar-refractivity contribution in [2.24, 2.45) is 13.0 Å². The van der Waals surface area contributed by atoms with Crippen LogP contribution in [0.5, 0.6) is 0 Å². The molecule has 0 amide bonds. The van der Waals surface area contributed by atoms with Crippen LogP contribution in [0.2, 0.25) is 0 Å². The highest BCUT2D eigenvalue weighted by atomic mass is 31.2. The first-order valence-electron chi connectivity index (χ1n) is 10.8.